The average Bonchev–Trinajstić information content (AvgIpc) is 3.48. The van der Waals surface area contributed by atoms with Gasteiger partial charge in [0, 0.05) is 11.5 Å². The third-order valence-electron chi connectivity index (χ3n) is 6.32. The number of carbonyl (C=O) groups is 1. The Hall–Kier alpha value is -3.72. The van der Waals surface area contributed by atoms with Crippen LogP contribution in [0, 0.1) is 0 Å². The van der Waals surface area contributed by atoms with E-state index in [1.807, 2.05) is 42.5 Å². The molecular weight excluding hydrogens is 603 g/mol. The van der Waals surface area contributed by atoms with Crippen molar-refractivity contribution in [2.75, 3.05) is 26.9 Å². The molecule has 0 saturated carbocycles. The summed E-state index contributed by atoms with van der Waals surface area (Å²) in [6, 6.07) is 23.4. The Labute approximate surface area is 259 Å². The lowest BCUT2D eigenvalue weighted by molar-refractivity contribution is -0.146. The van der Waals surface area contributed by atoms with Crippen LogP contribution >= 0.6 is 34.8 Å². The van der Waals surface area contributed by atoms with Crippen LogP contribution < -0.4 is 14.2 Å². The van der Waals surface area contributed by atoms with Crippen molar-refractivity contribution in [1.82, 2.24) is 10.2 Å². The van der Waals surface area contributed by atoms with Crippen molar-refractivity contribution in [2.45, 2.75) is 23.1 Å². The zero-order valence-corrected chi connectivity index (χ0v) is 25.4. The minimum Gasteiger partial charge on any atom is -0.493 e. The molecule has 0 aliphatic carbocycles. The molecule has 0 amide bonds. The van der Waals surface area contributed by atoms with Crippen molar-refractivity contribution >= 4 is 52.9 Å². The Morgan fingerprint density at radius 1 is 0.857 bits per heavy atom. The van der Waals surface area contributed by atoms with Gasteiger partial charge in [-0.25, -0.2) is 4.79 Å². The SMILES string of the molecule is COc1cc(C=Cc2nnc(C(Cl)(Cl)Cl)o2)ccc1OCC(=O)OCCOc1ccc(C(C)(C)c2ccccc2)cc1. The number of alkyl halides is 3. The van der Waals surface area contributed by atoms with Crippen LogP contribution in [0.4, 0.5) is 0 Å². The second-order valence-corrected chi connectivity index (χ2v) is 11.8. The van der Waals surface area contributed by atoms with E-state index in [1.165, 1.54) is 18.2 Å². The summed E-state index contributed by atoms with van der Waals surface area (Å²) in [7, 11) is 1.49. The van der Waals surface area contributed by atoms with E-state index in [1.54, 1.807) is 30.4 Å². The maximum absolute atomic E-state index is 12.2. The average molecular weight is 632 g/mol. The Morgan fingerprint density at radius 3 is 2.24 bits per heavy atom. The summed E-state index contributed by atoms with van der Waals surface area (Å²) in [4.78, 5) is 12.2. The number of halogens is 3. The first-order valence-corrected chi connectivity index (χ1v) is 14.0. The van der Waals surface area contributed by atoms with Crippen LogP contribution in [-0.2, 0) is 18.7 Å². The molecule has 0 unspecified atom stereocenters. The second-order valence-electron chi connectivity index (χ2n) is 9.56. The molecule has 4 rings (SSSR count). The Morgan fingerprint density at radius 2 is 1.57 bits per heavy atom. The fourth-order valence-corrected chi connectivity index (χ4v) is 4.20. The smallest absolute Gasteiger partial charge is 0.344 e. The number of ether oxygens (including phenoxy) is 4. The van der Waals surface area contributed by atoms with Crippen LogP contribution in [0.15, 0.2) is 77.2 Å². The summed E-state index contributed by atoms with van der Waals surface area (Å²) in [6.07, 6.45) is 3.26. The highest BCUT2D eigenvalue weighted by Crippen LogP contribution is 2.37. The van der Waals surface area contributed by atoms with Gasteiger partial charge >= 0.3 is 5.97 Å². The topological polar surface area (TPSA) is 92.9 Å². The van der Waals surface area contributed by atoms with Crippen LogP contribution in [0.25, 0.3) is 12.2 Å². The molecule has 0 aliphatic rings. The molecule has 0 saturated heterocycles. The van der Waals surface area contributed by atoms with Gasteiger partial charge in [-0.1, -0.05) is 97.2 Å². The highest BCUT2D eigenvalue weighted by Gasteiger charge is 2.30. The molecule has 1 heterocycles. The number of rotatable bonds is 12. The molecule has 4 aromatic rings. The van der Waals surface area contributed by atoms with E-state index in [2.05, 4.69) is 36.2 Å². The summed E-state index contributed by atoms with van der Waals surface area (Å²) in [5.41, 5.74) is 3.01. The lowest BCUT2D eigenvalue weighted by Crippen LogP contribution is -2.19. The molecule has 3 aromatic carbocycles. The number of aromatic nitrogens is 2. The van der Waals surface area contributed by atoms with Gasteiger partial charge in [-0.3, -0.25) is 0 Å². The molecule has 0 aliphatic heterocycles. The first-order valence-electron chi connectivity index (χ1n) is 12.9. The second kappa shape index (κ2) is 14.0. The zero-order chi connectivity index (χ0) is 30.2. The fraction of sp³-hybridized carbons (Fsp3) is 0.258. The lowest BCUT2D eigenvalue weighted by atomic mass is 9.78. The molecule has 42 heavy (non-hydrogen) atoms. The zero-order valence-electron chi connectivity index (χ0n) is 23.2. The van der Waals surface area contributed by atoms with Crippen molar-refractivity contribution in [3.63, 3.8) is 0 Å². The lowest BCUT2D eigenvalue weighted by Gasteiger charge is -2.26. The predicted octanol–water partition coefficient (Wildman–Crippen LogP) is 7.40. The summed E-state index contributed by atoms with van der Waals surface area (Å²) < 4.78 is 25.4. The Bertz CT molecular complexity index is 1500. The van der Waals surface area contributed by atoms with Crippen LogP contribution in [0.2, 0.25) is 0 Å². The van der Waals surface area contributed by atoms with Crippen LogP contribution in [0.5, 0.6) is 17.2 Å². The molecule has 1 aromatic heterocycles. The monoisotopic (exact) mass is 630 g/mol. The van der Waals surface area contributed by atoms with Gasteiger partial charge in [-0.15, -0.1) is 10.2 Å². The number of methoxy groups -OCH3 is 1. The van der Waals surface area contributed by atoms with E-state index in [0.717, 1.165) is 5.56 Å². The highest BCUT2D eigenvalue weighted by molar-refractivity contribution is 6.66. The van der Waals surface area contributed by atoms with E-state index in [9.17, 15) is 4.79 Å². The van der Waals surface area contributed by atoms with Crippen molar-refractivity contribution in [3.05, 3.63) is 101 Å². The standard InChI is InChI=1S/C31H29Cl3N2O6/c1-30(2,22-7-5-4-6-8-22)23-11-13-24(14-12-23)39-17-18-40-28(37)20-41-25-15-9-21(19-26(25)38-3)10-16-27-35-36-29(42-27)31(32,33)34/h4-16,19H,17-18,20H2,1-3H3. The summed E-state index contributed by atoms with van der Waals surface area (Å²) in [5, 5.41) is 7.49. The normalized spacial score (nSPS) is 11.9. The van der Waals surface area contributed by atoms with Gasteiger partial charge in [0.1, 0.15) is 19.0 Å². The predicted molar refractivity (Wildman–Crippen MR) is 162 cm³/mol. The molecule has 0 N–H and O–H groups in total. The number of carbonyl (C=O) groups excluding carboxylic acids is 1. The largest absolute Gasteiger partial charge is 0.493 e. The van der Waals surface area contributed by atoms with Gasteiger partial charge in [-0.2, -0.15) is 0 Å². The number of hydrogen-bond acceptors (Lipinski definition) is 8. The van der Waals surface area contributed by atoms with Gasteiger partial charge in [0.25, 0.3) is 9.68 Å². The third-order valence-corrected chi connectivity index (χ3v) is 6.81. The van der Waals surface area contributed by atoms with Crippen molar-refractivity contribution < 1.29 is 28.2 Å². The van der Waals surface area contributed by atoms with E-state index < -0.39 is 9.76 Å². The fourth-order valence-electron chi connectivity index (χ4n) is 3.97. The minimum atomic E-state index is -1.80. The van der Waals surface area contributed by atoms with E-state index in [4.69, 9.17) is 58.2 Å². The molecule has 0 fully saturated rings. The minimum absolute atomic E-state index is 0.0793. The number of benzene rings is 3. The third kappa shape index (κ3) is 8.41. The van der Waals surface area contributed by atoms with Crippen LogP contribution in [-0.4, -0.2) is 43.1 Å². The molecule has 0 spiro atoms. The van der Waals surface area contributed by atoms with Gasteiger partial charge in [-0.05, 0) is 47.0 Å². The number of nitrogens with zero attached hydrogens (tertiary/aromatic N) is 2. The molecule has 11 heteroatoms. The molecule has 8 nitrogen and oxygen atoms in total. The van der Waals surface area contributed by atoms with Crippen LogP contribution in [0.1, 0.15) is 42.3 Å². The van der Waals surface area contributed by atoms with Crippen molar-refractivity contribution in [2.24, 2.45) is 0 Å². The molecule has 0 atom stereocenters. The first-order chi connectivity index (χ1) is 20.1. The quantitative estimate of drug-likeness (QED) is 0.0907. The molecule has 220 valence electrons. The number of esters is 1. The highest BCUT2D eigenvalue weighted by atomic mass is 35.6. The van der Waals surface area contributed by atoms with E-state index in [0.29, 0.717) is 17.2 Å². The van der Waals surface area contributed by atoms with Gasteiger partial charge in [0.2, 0.25) is 5.89 Å². The van der Waals surface area contributed by atoms with Gasteiger partial charge in [0.05, 0.1) is 7.11 Å². The Balaban J connectivity index is 1.21. The Kier molecular flexibility index (Phi) is 10.4. The summed E-state index contributed by atoms with van der Waals surface area (Å²) >= 11 is 17.2. The molecular formula is C31H29Cl3N2O6. The molecule has 0 bridgehead atoms. The van der Waals surface area contributed by atoms with Crippen molar-refractivity contribution in [1.29, 1.82) is 0 Å². The van der Waals surface area contributed by atoms with E-state index in [-0.39, 0.29) is 37.0 Å². The number of hydrogen-bond donors (Lipinski definition) is 0. The molecule has 0 radical (unpaired) electrons. The van der Waals surface area contributed by atoms with Crippen LogP contribution in [0.3, 0.4) is 0 Å². The van der Waals surface area contributed by atoms with Gasteiger partial charge in [0.15, 0.2) is 18.1 Å². The maximum Gasteiger partial charge on any atom is 0.344 e. The summed E-state index contributed by atoms with van der Waals surface area (Å²) in [5.74, 6) is 0.970. The van der Waals surface area contributed by atoms with E-state index >= 15 is 0 Å². The first kappa shape index (κ1) is 31.2. The maximum atomic E-state index is 12.2. The summed E-state index contributed by atoms with van der Waals surface area (Å²) in [6.45, 7) is 4.36. The van der Waals surface area contributed by atoms with Gasteiger partial charge < -0.3 is 23.4 Å². The van der Waals surface area contributed by atoms with Crippen molar-refractivity contribution in [3.8, 4) is 17.2 Å².